The van der Waals surface area contributed by atoms with Crippen molar-refractivity contribution in [3.63, 3.8) is 0 Å². The lowest BCUT2D eigenvalue weighted by Crippen LogP contribution is -2.59. The van der Waals surface area contributed by atoms with Gasteiger partial charge in [0.15, 0.2) is 5.82 Å². The van der Waals surface area contributed by atoms with Crippen molar-refractivity contribution >= 4 is 23.7 Å². The van der Waals surface area contributed by atoms with Gasteiger partial charge in [0.2, 0.25) is 5.91 Å². The first-order valence-electron chi connectivity index (χ1n) is 18.0. The fourth-order valence-corrected chi connectivity index (χ4v) is 7.79. The molecule has 3 fully saturated rings. The molecule has 1 aliphatic carbocycles. The maximum absolute atomic E-state index is 13.3. The molecule has 2 aliphatic heterocycles. The lowest BCUT2D eigenvalue weighted by atomic mass is 9.72. The van der Waals surface area contributed by atoms with Crippen molar-refractivity contribution in [1.29, 1.82) is 0 Å². The minimum atomic E-state index is -0.929. The number of carboxylic acid groups (broad SMARTS) is 1. The van der Waals surface area contributed by atoms with Crippen molar-refractivity contribution in [3.8, 4) is 11.4 Å². The number of hydrogen-bond donors (Lipinski definition) is 2. The molecule has 1 atom stereocenters. The van der Waals surface area contributed by atoms with E-state index in [2.05, 4.69) is 17.1 Å². The molecular weight excluding hydrogens is 618 g/mol. The highest BCUT2D eigenvalue weighted by Gasteiger charge is 2.39. The Kier molecular flexibility index (Phi) is 11.4. The summed E-state index contributed by atoms with van der Waals surface area (Å²) in [4.78, 5) is 50.6. The third-order valence-electron chi connectivity index (χ3n) is 10.8. The summed E-state index contributed by atoms with van der Waals surface area (Å²) >= 11 is 0. The summed E-state index contributed by atoms with van der Waals surface area (Å²) in [6.07, 6.45) is 14.2. The molecule has 2 amide bonds. The van der Waals surface area contributed by atoms with Crippen molar-refractivity contribution in [2.75, 3.05) is 31.1 Å². The Morgan fingerprint density at radius 2 is 1.53 bits per heavy atom. The molecule has 10 heteroatoms. The summed E-state index contributed by atoms with van der Waals surface area (Å²) in [6.45, 7) is 4.73. The lowest BCUT2D eigenvalue weighted by Gasteiger charge is -2.39. The van der Waals surface area contributed by atoms with Crippen LogP contribution in [0.3, 0.4) is 0 Å². The molecule has 1 aromatic heterocycles. The van der Waals surface area contributed by atoms with Crippen LogP contribution < -0.4 is 10.2 Å². The number of nitrogens with zero attached hydrogens (tertiary/aromatic N) is 4. The molecule has 10 nitrogen and oxygen atoms in total. The summed E-state index contributed by atoms with van der Waals surface area (Å²) in [5.41, 5.74) is 3.59. The average Bonchev–Trinajstić information content (AvgIpc) is 3.11. The molecule has 2 aromatic carbocycles. The molecule has 260 valence electrons. The highest BCUT2D eigenvalue weighted by molar-refractivity contribution is 5.88. The number of alkyl carbamates (subject to hydrolysis) is 1. The van der Waals surface area contributed by atoms with Crippen LogP contribution in [0.1, 0.15) is 69.4 Å². The van der Waals surface area contributed by atoms with Gasteiger partial charge in [0.05, 0.1) is 24.0 Å². The predicted octanol–water partition coefficient (Wildman–Crippen LogP) is 6.35. The van der Waals surface area contributed by atoms with Crippen molar-refractivity contribution in [2.45, 2.75) is 77.4 Å². The maximum atomic E-state index is 13.3. The van der Waals surface area contributed by atoms with Crippen LogP contribution in [-0.4, -0.2) is 70.2 Å². The van der Waals surface area contributed by atoms with Crippen LogP contribution in [0, 0.1) is 23.7 Å². The van der Waals surface area contributed by atoms with E-state index in [1.807, 2.05) is 67.0 Å². The number of rotatable bonds is 12. The zero-order chi connectivity index (χ0) is 34.2. The predicted molar refractivity (Wildman–Crippen MR) is 188 cm³/mol. The number of carbonyl (C=O) groups is 3. The van der Waals surface area contributed by atoms with E-state index in [0.29, 0.717) is 5.82 Å². The van der Waals surface area contributed by atoms with E-state index in [4.69, 9.17) is 14.7 Å². The Morgan fingerprint density at radius 1 is 0.878 bits per heavy atom. The minimum Gasteiger partial charge on any atom is -0.481 e. The Bertz CT molecular complexity index is 1530. The van der Waals surface area contributed by atoms with Gasteiger partial charge in [-0.2, -0.15) is 0 Å². The highest BCUT2D eigenvalue weighted by atomic mass is 16.5. The number of ether oxygens (including phenoxy) is 1. The Balaban J connectivity index is 1.03. The van der Waals surface area contributed by atoms with Crippen molar-refractivity contribution < 1.29 is 24.2 Å². The monoisotopic (exact) mass is 667 g/mol. The molecular formula is C39H49N5O5. The standard InChI is InChI=1S/C39H49N5O5/c1-2-6-27-9-13-30(14-10-27)31-17-19-43(20-18-31)34-22-40-36(41-23-34)32-15-11-28(12-16-32)21-35(37(45)44-24-33(25-44)38(46)47)42-39(48)49-26-29-7-4-3-5-8-29/h3-5,7-8,11-12,15-16,22-23,27,30-31,33,35H,2,6,9-10,13-14,17-21,24-26H2,1H3,(H,42,48)(H,46,47)/t27-,30-,35-/m0/s1. The molecule has 2 N–H and O–H groups in total. The number of piperidine rings is 1. The second-order valence-corrected chi connectivity index (χ2v) is 14.1. The van der Waals surface area contributed by atoms with Gasteiger partial charge < -0.3 is 25.0 Å². The van der Waals surface area contributed by atoms with E-state index >= 15 is 0 Å². The highest BCUT2D eigenvalue weighted by Crippen LogP contribution is 2.39. The number of nitrogens with one attached hydrogen (secondary N) is 1. The molecule has 6 rings (SSSR count). The zero-order valence-corrected chi connectivity index (χ0v) is 28.5. The van der Waals surface area contributed by atoms with Crippen LogP contribution in [0.2, 0.25) is 0 Å². The second-order valence-electron chi connectivity index (χ2n) is 14.1. The summed E-state index contributed by atoms with van der Waals surface area (Å²) in [5.74, 6) is 1.47. The van der Waals surface area contributed by atoms with Crippen molar-refractivity contribution in [1.82, 2.24) is 20.2 Å². The van der Waals surface area contributed by atoms with E-state index in [-0.39, 0.29) is 32.0 Å². The topological polar surface area (TPSA) is 125 Å². The van der Waals surface area contributed by atoms with Crippen LogP contribution in [0.25, 0.3) is 11.4 Å². The number of aliphatic carboxylic acids is 1. The normalized spacial score (nSPS) is 20.7. The molecule has 0 radical (unpaired) electrons. The molecule has 3 aliphatic rings. The molecule has 49 heavy (non-hydrogen) atoms. The first-order chi connectivity index (χ1) is 23.9. The summed E-state index contributed by atoms with van der Waals surface area (Å²) in [7, 11) is 0. The summed E-state index contributed by atoms with van der Waals surface area (Å²) < 4.78 is 5.38. The quantitative estimate of drug-likeness (QED) is 0.229. The smallest absolute Gasteiger partial charge is 0.408 e. The molecule has 3 aromatic rings. The number of carboxylic acids is 1. The van der Waals surface area contributed by atoms with Gasteiger partial charge in [-0.1, -0.05) is 87.2 Å². The van der Waals surface area contributed by atoms with E-state index in [0.717, 1.165) is 53.2 Å². The van der Waals surface area contributed by atoms with Crippen molar-refractivity contribution in [3.05, 3.63) is 78.1 Å². The fraction of sp³-hybridized carbons (Fsp3) is 0.513. The van der Waals surface area contributed by atoms with E-state index < -0.39 is 24.0 Å². The molecule has 0 bridgehead atoms. The van der Waals surface area contributed by atoms with Crippen LogP contribution in [0.5, 0.6) is 0 Å². The number of anilines is 1. The van der Waals surface area contributed by atoms with Gasteiger partial charge in [-0.25, -0.2) is 14.8 Å². The third kappa shape index (κ3) is 8.96. The fourth-order valence-electron chi connectivity index (χ4n) is 7.79. The van der Waals surface area contributed by atoms with Gasteiger partial charge in [0.1, 0.15) is 12.6 Å². The number of hydrogen-bond acceptors (Lipinski definition) is 7. The van der Waals surface area contributed by atoms with Gasteiger partial charge in [-0.05, 0) is 54.6 Å². The molecule has 0 spiro atoms. The largest absolute Gasteiger partial charge is 0.481 e. The van der Waals surface area contributed by atoms with Gasteiger partial charge in [0, 0.05) is 38.2 Å². The minimum absolute atomic E-state index is 0.0736. The van der Waals surface area contributed by atoms with Gasteiger partial charge in [-0.3, -0.25) is 9.59 Å². The molecule has 1 saturated carbocycles. The first kappa shape index (κ1) is 34.4. The van der Waals surface area contributed by atoms with Crippen LogP contribution in [0.15, 0.2) is 67.0 Å². The van der Waals surface area contributed by atoms with Crippen LogP contribution in [-0.2, 0) is 27.4 Å². The van der Waals surface area contributed by atoms with Crippen LogP contribution >= 0.6 is 0 Å². The molecule has 3 heterocycles. The number of benzene rings is 2. The van der Waals surface area contributed by atoms with E-state index in [9.17, 15) is 19.5 Å². The maximum Gasteiger partial charge on any atom is 0.408 e. The number of amides is 2. The number of aromatic nitrogens is 2. The summed E-state index contributed by atoms with van der Waals surface area (Å²) in [6, 6.07) is 16.0. The number of likely N-dealkylation sites (tertiary alicyclic amines) is 1. The number of carbonyl (C=O) groups excluding carboxylic acids is 2. The van der Waals surface area contributed by atoms with Gasteiger partial charge in [-0.15, -0.1) is 0 Å². The Labute approximate surface area is 289 Å². The summed E-state index contributed by atoms with van der Waals surface area (Å²) in [5, 5.41) is 12.0. The second kappa shape index (κ2) is 16.3. The lowest BCUT2D eigenvalue weighted by molar-refractivity contribution is -0.153. The van der Waals surface area contributed by atoms with E-state index in [1.54, 1.807) is 0 Å². The zero-order valence-electron chi connectivity index (χ0n) is 28.5. The van der Waals surface area contributed by atoms with Crippen LogP contribution in [0.4, 0.5) is 10.5 Å². The van der Waals surface area contributed by atoms with Crippen molar-refractivity contribution in [2.24, 2.45) is 23.7 Å². The van der Waals surface area contributed by atoms with E-state index in [1.165, 1.54) is 56.3 Å². The van der Waals surface area contributed by atoms with Gasteiger partial charge in [0.25, 0.3) is 0 Å². The first-order valence-corrected chi connectivity index (χ1v) is 18.0. The molecule has 2 saturated heterocycles. The average molecular weight is 668 g/mol. The Hall–Kier alpha value is -4.47. The molecule has 0 unspecified atom stereocenters. The van der Waals surface area contributed by atoms with Gasteiger partial charge >= 0.3 is 12.1 Å². The Morgan fingerprint density at radius 3 is 2.16 bits per heavy atom. The SMILES string of the molecule is CCC[C@H]1CC[C@H](C2CCN(c3cnc(-c4ccc(C[C@H](NC(=O)OCc5ccccc5)C(=O)N5CC(C(=O)O)C5)cc4)nc3)CC2)CC1. The third-order valence-corrected chi connectivity index (χ3v) is 10.8.